The average molecular weight is 308 g/mol. The van der Waals surface area contributed by atoms with E-state index in [1.807, 2.05) is 37.3 Å². The third-order valence-corrected chi connectivity index (χ3v) is 3.95. The van der Waals surface area contributed by atoms with Gasteiger partial charge >= 0.3 is 6.09 Å². The molecule has 0 aromatic heterocycles. The van der Waals surface area contributed by atoms with Gasteiger partial charge in [0.25, 0.3) is 5.91 Å². The van der Waals surface area contributed by atoms with Crippen LogP contribution in [0.4, 0.5) is 9.18 Å². The Morgan fingerprint density at radius 1 is 1.27 bits per heavy atom. The van der Waals surface area contributed by atoms with Gasteiger partial charge < -0.3 is 15.0 Å². The summed E-state index contributed by atoms with van der Waals surface area (Å²) in [5, 5.41) is 2.85. The molecule has 1 aromatic rings. The summed E-state index contributed by atoms with van der Waals surface area (Å²) in [6.45, 7) is 2.04. The molecule has 120 valence electrons. The van der Waals surface area contributed by atoms with Gasteiger partial charge in [0.1, 0.15) is 6.61 Å². The number of nitrogens with one attached hydrogen (secondary N) is 1. The van der Waals surface area contributed by atoms with Crippen molar-refractivity contribution in [3.63, 3.8) is 0 Å². The van der Waals surface area contributed by atoms with Gasteiger partial charge in [-0.25, -0.2) is 9.18 Å². The van der Waals surface area contributed by atoms with E-state index in [9.17, 15) is 14.0 Å². The Hall–Kier alpha value is -2.11. The Bertz CT molecular complexity index is 513. The van der Waals surface area contributed by atoms with E-state index >= 15 is 0 Å². The number of alkyl carbamates (subject to hydrolysis) is 1. The molecule has 5 nitrogen and oxygen atoms in total. The topological polar surface area (TPSA) is 58.6 Å². The first kappa shape index (κ1) is 16.3. The highest BCUT2D eigenvalue weighted by Gasteiger charge is 2.33. The molecule has 0 radical (unpaired) electrons. The fraction of sp³-hybridized carbons (Fsp3) is 0.500. The predicted octanol–water partition coefficient (Wildman–Crippen LogP) is 2.26. The van der Waals surface area contributed by atoms with Crippen molar-refractivity contribution in [1.29, 1.82) is 0 Å². The van der Waals surface area contributed by atoms with Gasteiger partial charge in [0.05, 0.1) is 0 Å². The number of carbonyl (C=O) groups is 2. The van der Waals surface area contributed by atoms with E-state index in [1.165, 1.54) is 4.90 Å². The first-order chi connectivity index (χ1) is 10.5. The van der Waals surface area contributed by atoms with Crippen molar-refractivity contribution in [3.05, 3.63) is 35.9 Å². The fourth-order valence-electron chi connectivity index (χ4n) is 2.46. The minimum Gasteiger partial charge on any atom is -0.445 e. The van der Waals surface area contributed by atoms with Crippen LogP contribution in [0.5, 0.6) is 0 Å². The number of benzene rings is 1. The zero-order valence-corrected chi connectivity index (χ0v) is 12.7. The van der Waals surface area contributed by atoms with Crippen LogP contribution in [0, 0.1) is 0 Å². The van der Waals surface area contributed by atoms with E-state index in [-0.39, 0.29) is 6.61 Å². The summed E-state index contributed by atoms with van der Waals surface area (Å²) < 4.78 is 17.6. The number of alkyl halides is 1. The second-order valence-corrected chi connectivity index (χ2v) is 5.76. The Labute approximate surface area is 129 Å². The highest BCUT2D eigenvalue weighted by atomic mass is 19.1. The number of likely N-dealkylation sites (tertiary alicyclic amines) is 1. The van der Waals surface area contributed by atoms with E-state index in [0.717, 1.165) is 5.56 Å². The van der Waals surface area contributed by atoms with Gasteiger partial charge in [-0.1, -0.05) is 30.3 Å². The summed E-state index contributed by atoms with van der Waals surface area (Å²) in [5.74, 6) is -0.492. The van der Waals surface area contributed by atoms with E-state index in [4.69, 9.17) is 4.74 Å². The van der Waals surface area contributed by atoms with Gasteiger partial charge in [-0.15, -0.1) is 0 Å². The van der Waals surface area contributed by atoms with Crippen LogP contribution in [0.3, 0.4) is 0 Å². The monoisotopic (exact) mass is 308 g/mol. The molecule has 0 aliphatic carbocycles. The second kappa shape index (κ2) is 7.24. The minimum absolute atomic E-state index is 0.217. The molecule has 1 N–H and O–H groups in total. The van der Waals surface area contributed by atoms with Crippen LogP contribution in [0.2, 0.25) is 0 Å². The smallest absolute Gasteiger partial charge is 0.407 e. The maximum Gasteiger partial charge on any atom is 0.407 e. The quantitative estimate of drug-likeness (QED) is 0.928. The molecule has 1 saturated heterocycles. The Kier molecular flexibility index (Phi) is 5.35. The van der Waals surface area contributed by atoms with Crippen molar-refractivity contribution < 1.29 is 18.7 Å². The lowest BCUT2D eigenvalue weighted by molar-refractivity contribution is -0.133. The normalized spacial score (nSPS) is 16.9. The van der Waals surface area contributed by atoms with E-state index in [0.29, 0.717) is 25.9 Å². The number of halogens is 1. The molecule has 1 heterocycles. The molecule has 22 heavy (non-hydrogen) atoms. The van der Waals surface area contributed by atoms with Crippen LogP contribution in [-0.2, 0) is 16.1 Å². The first-order valence-corrected chi connectivity index (χ1v) is 7.35. The minimum atomic E-state index is -0.969. The van der Waals surface area contributed by atoms with Crippen molar-refractivity contribution in [3.8, 4) is 0 Å². The number of piperidine rings is 1. The van der Waals surface area contributed by atoms with Gasteiger partial charge in [-0.2, -0.15) is 0 Å². The molecule has 2 rings (SSSR count). The number of hydrogen-bond donors (Lipinski definition) is 1. The fourth-order valence-corrected chi connectivity index (χ4v) is 2.46. The zero-order valence-electron chi connectivity index (χ0n) is 12.7. The molecular formula is C16H21FN2O3. The third-order valence-electron chi connectivity index (χ3n) is 3.95. The SMILES string of the molecule is CC1(NC(=O)OCc2ccccc2)CCN(C(=O)CF)CC1. The van der Waals surface area contributed by atoms with Crippen LogP contribution in [0.25, 0.3) is 0 Å². The largest absolute Gasteiger partial charge is 0.445 e. The maximum absolute atomic E-state index is 12.4. The number of ether oxygens (including phenoxy) is 1. The average Bonchev–Trinajstić information content (AvgIpc) is 2.53. The molecule has 1 fully saturated rings. The second-order valence-electron chi connectivity index (χ2n) is 5.76. The van der Waals surface area contributed by atoms with Crippen LogP contribution >= 0.6 is 0 Å². The molecule has 1 aromatic carbocycles. The molecule has 1 aliphatic heterocycles. The molecule has 0 saturated carbocycles. The summed E-state index contributed by atoms with van der Waals surface area (Å²) in [4.78, 5) is 24.7. The lowest BCUT2D eigenvalue weighted by atomic mass is 9.90. The highest BCUT2D eigenvalue weighted by molar-refractivity contribution is 5.77. The Morgan fingerprint density at radius 2 is 1.91 bits per heavy atom. The van der Waals surface area contributed by atoms with Gasteiger partial charge in [-0.3, -0.25) is 4.79 Å². The summed E-state index contributed by atoms with van der Waals surface area (Å²) in [6, 6.07) is 9.44. The molecule has 0 atom stereocenters. The Morgan fingerprint density at radius 3 is 2.50 bits per heavy atom. The number of rotatable bonds is 4. The van der Waals surface area contributed by atoms with Gasteiger partial charge in [-0.05, 0) is 25.3 Å². The van der Waals surface area contributed by atoms with Crippen molar-refractivity contribution >= 4 is 12.0 Å². The third kappa shape index (κ3) is 4.44. The van der Waals surface area contributed by atoms with E-state index < -0.39 is 24.2 Å². The maximum atomic E-state index is 12.4. The van der Waals surface area contributed by atoms with Crippen LogP contribution < -0.4 is 5.32 Å². The summed E-state index contributed by atoms with van der Waals surface area (Å²) >= 11 is 0. The zero-order chi connectivity index (χ0) is 16.0. The molecule has 6 heteroatoms. The standard InChI is InChI=1S/C16H21FN2O3/c1-16(7-9-19(10-8-16)14(20)11-17)18-15(21)22-12-13-5-3-2-4-6-13/h2-6H,7-12H2,1H3,(H,18,21). The Balaban J connectivity index is 1.78. The van der Waals surface area contributed by atoms with Gasteiger partial charge in [0, 0.05) is 18.6 Å². The first-order valence-electron chi connectivity index (χ1n) is 7.35. The lowest BCUT2D eigenvalue weighted by Crippen LogP contribution is -2.54. The van der Waals surface area contributed by atoms with Crippen LogP contribution in [0.1, 0.15) is 25.3 Å². The van der Waals surface area contributed by atoms with Crippen LogP contribution in [0.15, 0.2) is 30.3 Å². The van der Waals surface area contributed by atoms with Gasteiger partial charge in [0.15, 0.2) is 6.67 Å². The van der Waals surface area contributed by atoms with Crippen molar-refractivity contribution in [2.24, 2.45) is 0 Å². The predicted molar refractivity (Wildman–Crippen MR) is 80.0 cm³/mol. The molecule has 1 aliphatic rings. The summed E-state index contributed by atoms with van der Waals surface area (Å²) in [7, 11) is 0. The molecule has 0 spiro atoms. The van der Waals surface area contributed by atoms with Crippen molar-refractivity contribution in [1.82, 2.24) is 10.2 Å². The molecule has 0 unspecified atom stereocenters. The molecular weight excluding hydrogens is 287 g/mol. The number of amides is 2. The highest BCUT2D eigenvalue weighted by Crippen LogP contribution is 2.22. The lowest BCUT2D eigenvalue weighted by Gasteiger charge is -2.39. The molecule has 2 amide bonds. The number of nitrogens with zero attached hydrogens (tertiary/aromatic N) is 1. The number of carbonyl (C=O) groups excluding carboxylic acids is 2. The number of hydrogen-bond acceptors (Lipinski definition) is 3. The van der Waals surface area contributed by atoms with Crippen molar-refractivity contribution in [2.45, 2.75) is 31.9 Å². The van der Waals surface area contributed by atoms with Crippen LogP contribution in [-0.4, -0.2) is 42.2 Å². The van der Waals surface area contributed by atoms with Crippen molar-refractivity contribution in [2.75, 3.05) is 19.8 Å². The molecule has 0 bridgehead atoms. The summed E-state index contributed by atoms with van der Waals surface area (Å²) in [6.07, 6.45) is 0.690. The van der Waals surface area contributed by atoms with E-state index in [1.54, 1.807) is 0 Å². The summed E-state index contributed by atoms with van der Waals surface area (Å²) in [5.41, 5.74) is 0.493. The van der Waals surface area contributed by atoms with E-state index in [2.05, 4.69) is 5.32 Å². The van der Waals surface area contributed by atoms with Gasteiger partial charge in [0.2, 0.25) is 0 Å².